The Labute approximate surface area is 125 Å². The molecule has 0 saturated heterocycles. The average molecular weight is 373 g/mol. The van der Waals surface area contributed by atoms with Crippen LogP contribution in [-0.2, 0) is 0 Å². The van der Waals surface area contributed by atoms with Crippen LogP contribution in [0.4, 0.5) is 0 Å². The molecule has 0 fully saturated rings. The van der Waals surface area contributed by atoms with E-state index in [1.165, 1.54) is 0 Å². The van der Waals surface area contributed by atoms with Gasteiger partial charge in [-0.1, -0.05) is 15.9 Å². The van der Waals surface area contributed by atoms with Gasteiger partial charge in [0.1, 0.15) is 0 Å². The van der Waals surface area contributed by atoms with E-state index in [4.69, 9.17) is 46.4 Å². The monoisotopic (exact) mass is 370 g/mol. The molecule has 0 radical (unpaired) electrons. The first kappa shape index (κ1) is 17.3. The van der Waals surface area contributed by atoms with Crippen molar-refractivity contribution in [2.45, 2.75) is 42.0 Å². The highest BCUT2D eigenvalue weighted by Gasteiger charge is 2.38. The third kappa shape index (κ3) is 4.91. The Balaban J connectivity index is 4.51. The van der Waals surface area contributed by atoms with Crippen molar-refractivity contribution >= 4 is 62.3 Å². The summed E-state index contributed by atoms with van der Waals surface area (Å²) in [5.41, 5.74) is 0.958. The molecule has 0 spiro atoms. The topological polar surface area (TPSA) is 20.2 Å². The van der Waals surface area contributed by atoms with Crippen LogP contribution < -0.4 is 0 Å². The molecule has 0 aliphatic carbocycles. The van der Waals surface area contributed by atoms with E-state index >= 15 is 0 Å². The third-order valence-corrected chi connectivity index (χ3v) is 5.29. The third-order valence-electron chi connectivity index (χ3n) is 2.49. The molecular weight excluding hydrogens is 358 g/mol. The van der Waals surface area contributed by atoms with Crippen LogP contribution in [0, 0.1) is 0 Å². The summed E-state index contributed by atoms with van der Waals surface area (Å²) in [5.74, 6) is 0.0451. The zero-order chi connectivity index (χ0) is 12.9. The van der Waals surface area contributed by atoms with Gasteiger partial charge in [-0.2, -0.15) is 0 Å². The van der Waals surface area contributed by atoms with Gasteiger partial charge in [0.25, 0.3) is 0 Å². The number of aliphatic hydroxyl groups excluding tert-OH is 1. The average Bonchev–Trinajstić information content (AvgIpc) is 2.26. The van der Waals surface area contributed by atoms with Crippen LogP contribution in [0.25, 0.3) is 0 Å². The molecule has 0 rings (SSSR count). The van der Waals surface area contributed by atoms with Crippen molar-refractivity contribution in [1.29, 1.82) is 0 Å². The van der Waals surface area contributed by atoms with Gasteiger partial charge in [0.2, 0.25) is 0 Å². The lowest BCUT2D eigenvalue weighted by Gasteiger charge is -2.32. The number of halogens is 5. The molecule has 0 aromatic carbocycles. The van der Waals surface area contributed by atoms with Gasteiger partial charge in [0, 0.05) is 0 Å². The van der Waals surface area contributed by atoms with Crippen LogP contribution in [-0.4, -0.2) is 32.7 Å². The van der Waals surface area contributed by atoms with E-state index in [0.717, 1.165) is 5.57 Å². The van der Waals surface area contributed by atoms with Crippen molar-refractivity contribution < 1.29 is 5.11 Å². The van der Waals surface area contributed by atoms with Crippen LogP contribution >= 0.6 is 62.3 Å². The van der Waals surface area contributed by atoms with Gasteiger partial charge in [-0.05, 0) is 30.8 Å². The molecule has 16 heavy (non-hydrogen) atoms. The number of rotatable bonds is 6. The second-order valence-electron chi connectivity index (χ2n) is 3.85. The lowest BCUT2D eigenvalue weighted by molar-refractivity contribution is 0.149. The van der Waals surface area contributed by atoms with Crippen LogP contribution in [0.15, 0.2) is 10.6 Å². The highest BCUT2D eigenvalue weighted by Crippen LogP contribution is 2.34. The van der Waals surface area contributed by atoms with E-state index in [-0.39, 0.29) is 11.3 Å². The highest BCUT2D eigenvalue weighted by molar-refractivity contribution is 9.11. The first-order chi connectivity index (χ1) is 7.27. The summed E-state index contributed by atoms with van der Waals surface area (Å²) in [6, 6.07) is 0. The molecule has 96 valence electrons. The van der Waals surface area contributed by atoms with E-state index in [0.29, 0.717) is 6.42 Å². The highest BCUT2D eigenvalue weighted by atomic mass is 79.9. The maximum absolute atomic E-state index is 9.65. The normalized spacial score (nSPS) is 22.4. The first-order valence-corrected chi connectivity index (χ1v) is 7.45. The van der Waals surface area contributed by atoms with Crippen LogP contribution in [0.1, 0.15) is 20.3 Å². The molecule has 4 unspecified atom stereocenters. The fraction of sp³-hybridized carbons (Fsp3) is 0.800. The summed E-state index contributed by atoms with van der Waals surface area (Å²) in [4.78, 5) is 0.765. The van der Waals surface area contributed by atoms with Crippen LogP contribution in [0.5, 0.6) is 0 Å². The van der Waals surface area contributed by atoms with E-state index in [2.05, 4.69) is 15.9 Å². The molecule has 0 aliphatic heterocycles. The predicted octanol–water partition coefficient (Wildman–Crippen LogP) is 4.49. The molecule has 0 bridgehead atoms. The second-order valence-corrected chi connectivity index (χ2v) is 6.48. The van der Waals surface area contributed by atoms with E-state index < -0.39 is 16.4 Å². The van der Waals surface area contributed by atoms with Gasteiger partial charge in [-0.25, -0.2) is 0 Å². The fourth-order valence-corrected chi connectivity index (χ4v) is 2.72. The van der Waals surface area contributed by atoms with E-state index in [1.807, 2.05) is 6.92 Å². The van der Waals surface area contributed by atoms with Gasteiger partial charge in [0.05, 0.1) is 27.6 Å². The van der Waals surface area contributed by atoms with Crippen molar-refractivity contribution in [2.24, 2.45) is 0 Å². The minimum absolute atomic E-state index is 0.0451. The lowest BCUT2D eigenvalue weighted by atomic mass is 9.96. The Morgan fingerprint density at radius 3 is 2.38 bits per heavy atom. The largest absolute Gasteiger partial charge is 0.390 e. The second kappa shape index (κ2) is 7.70. The number of alkyl halides is 4. The number of hydrogen-bond acceptors (Lipinski definition) is 1. The smallest absolute Gasteiger partial charge is 0.0878 e. The summed E-state index contributed by atoms with van der Waals surface area (Å²) in [7, 11) is 0. The number of allylic oxidation sites excluding steroid dienone is 1. The minimum Gasteiger partial charge on any atom is -0.390 e. The molecular formula is C10H15BrCl4O. The zero-order valence-corrected chi connectivity index (χ0v) is 13.7. The molecule has 1 nitrogen and oxygen atoms in total. The van der Waals surface area contributed by atoms with Crippen molar-refractivity contribution in [3.8, 4) is 0 Å². The molecule has 6 heteroatoms. The molecule has 0 saturated carbocycles. The van der Waals surface area contributed by atoms with E-state index in [1.54, 1.807) is 11.9 Å². The quantitative estimate of drug-likeness (QED) is 0.681. The Hall–Kier alpha value is 1.34. The standard InChI is InChI=1S/C10H15BrCl4O/c1-6(4-11)7(13)3-8(14)10(2,15)9(16)5-12/h4,7-9,16H,3,5H2,1-2H3/b6-4+. The van der Waals surface area contributed by atoms with Gasteiger partial charge in [-0.3, -0.25) is 0 Å². The summed E-state index contributed by atoms with van der Waals surface area (Å²) in [6.45, 7) is 3.55. The minimum atomic E-state index is -0.983. The Morgan fingerprint density at radius 2 is 2.00 bits per heavy atom. The maximum atomic E-state index is 9.65. The maximum Gasteiger partial charge on any atom is 0.0878 e. The zero-order valence-electron chi connectivity index (χ0n) is 9.06. The molecule has 0 amide bonds. The van der Waals surface area contributed by atoms with Crippen molar-refractivity contribution in [2.75, 3.05) is 5.88 Å². The molecule has 4 atom stereocenters. The lowest BCUT2D eigenvalue weighted by Crippen LogP contribution is -2.44. The number of hydrogen-bond donors (Lipinski definition) is 1. The number of aliphatic hydroxyl groups is 1. The Kier molecular flexibility index (Phi) is 8.35. The summed E-state index contributed by atoms with van der Waals surface area (Å²) < 4.78 is 0. The molecule has 0 aromatic rings. The molecule has 0 aromatic heterocycles. The summed E-state index contributed by atoms with van der Waals surface area (Å²) in [5, 5.41) is 8.96. The SMILES string of the molecule is C/C(=C\Br)C(Cl)CC(Cl)C(C)(Cl)C(O)CCl. The van der Waals surface area contributed by atoms with Gasteiger partial charge in [0.15, 0.2) is 0 Å². The van der Waals surface area contributed by atoms with E-state index in [9.17, 15) is 5.11 Å². The summed E-state index contributed by atoms with van der Waals surface area (Å²) >= 11 is 27.2. The predicted molar refractivity (Wildman–Crippen MR) is 77.6 cm³/mol. The molecule has 1 N–H and O–H groups in total. The van der Waals surface area contributed by atoms with Gasteiger partial charge in [-0.15, -0.1) is 46.4 Å². The first-order valence-electron chi connectivity index (χ1n) is 4.75. The fourth-order valence-electron chi connectivity index (χ4n) is 1.03. The summed E-state index contributed by atoms with van der Waals surface area (Å²) in [6.07, 6.45) is -0.402. The van der Waals surface area contributed by atoms with Crippen molar-refractivity contribution in [3.63, 3.8) is 0 Å². The van der Waals surface area contributed by atoms with Crippen LogP contribution in [0.3, 0.4) is 0 Å². The molecule has 0 aliphatic rings. The van der Waals surface area contributed by atoms with Crippen molar-refractivity contribution in [1.82, 2.24) is 0 Å². The van der Waals surface area contributed by atoms with Gasteiger partial charge >= 0.3 is 0 Å². The van der Waals surface area contributed by atoms with Gasteiger partial charge < -0.3 is 5.11 Å². The molecule has 0 heterocycles. The Bertz CT molecular complexity index is 245. The van der Waals surface area contributed by atoms with Crippen molar-refractivity contribution in [3.05, 3.63) is 10.6 Å². The van der Waals surface area contributed by atoms with Crippen LogP contribution in [0.2, 0.25) is 0 Å². The Morgan fingerprint density at radius 1 is 1.50 bits per heavy atom.